The monoisotopic (exact) mass is 1080 g/mol. The molecule has 8 rings (SSSR count). The Labute approximate surface area is 445 Å². The first kappa shape index (κ1) is 56.0. The molecule has 0 aliphatic carbocycles. The Morgan fingerprint density at radius 2 is 0.987 bits per heavy atom. The van der Waals surface area contributed by atoms with E-state index in [4.69, 9.17) is 18.9 Å². The summed E-state index contributed by atoms with van der Waals surface area (Å²) in [6.07, 6.45) is 4.02. The molecule has 18 nitrogen and oxygen atoms in total. The number of methoxy groups -OCH3 is 4. The molecule has 0 bridgehead atoms. The van der Waals surface area contributed by atoms with Crippen LogP contribution in [0.4, 0.5) is 41.1 Å². The summed E-state index contributed by atoms with van der Waals surface area (Å²) in [5.41, 5.74) is 3.09. The van der Waals surface area contributed by atoms with E-state index >= 15 is 8.78 Å². The van der Waals surface area contributed by atoms with Crippen LogP contribution in [0.1, 0.15) is 94.8 Å². The van der Waals surface area contributed by atoms with E-state index in [-0.39, 0.29) is 29.6 Å². The molecule has 414 valence electrons. The van der Waals surface area contributed by atoms with E-state index in [1.807, 2.05) is 29.2 Å². The fourth-order valence-corrected chi connectivity index (χ4v) is 15.8. The smallest absolute Gasteiger partial charge is 0.407 e. The molecule has 3 aromatic rings. The molecule has 5 aliphatic rings. The van der Waals surface area contributed by atoms with Crippen molar-refractivity contribution in [3.8, 4) is 0 Å². The number of alkyl carbamates (subject to hydrolysis) is 2. The third kappa shape index (κ3) is 12.3. The van der Waals surface area contributed by atoms with Crippen LogP contribution >= 0.6 is 10.0 Å². The zero-order valence-electron chi connectivity index (χ0n) is 44.4. The van der Waals surface area contributed by atoms with Crippen molar-refractivity contribution in [3.05, 3.63) is 83.4 Å². The minimum atomic E-state index is -1.07. The number of carbonyl (C=O) groups is 6. The highest BCUT2D eigenvalue weighted by Gasteiger charge is 2.43. The molecule has 0 radical (unpaired) electrons. The van der Waals surface area contributed by atoms with Crippen LogP contribution in [0.5, 0.6) is 0 Å². The number of amides is 6. The highest BCUT2D eigenvalue weighted by molar-refractivity contribution is 8.33. The Balaban J connectivity index is 1.01. The molecule has 4 N–H and O–H groups in total. The van der Waals surface area contributed by atoms with Crippen molar-refractivity contribution < 1.29 is 56.5 Å². The summed E-state index contributed by atoms with van der Waals surface area (Å²) in [6.45, 7) is 5.20. The lowest BCUT2D eigenvalue weighted by Crippen LogP contribution is -2.56. The lowest BCUT2D eigenvalue weighted by Gasteiger charge is -2.49. The first-order valence-electron chi connectivity index (χ1n) is 26.5. The summed E-state index contributed by atoms with van der Waals surface area (Å²) in [4.78, 5) is 86.3. The van der Waals surface area contributed by atoms with E-state index in [1.54, 1.807) is 38.1 Å². The summed E-state index contributed by atoms with van der Waals surface area (Å²) in [5.74, 6) is 1.58. The Hall–Kier alpha value is -6.19. The number of rotatable bonds is 16. The molecule has 0 unspecified atom stereocenters. The molecule has 5 fully saturated rings. The summed E-state index contributed by atoms with van der Waals surface area (Å²) >= 11 is 0. The van der Waals surface area contributed by atoms with Crippen molar-refractivity contribution in [1.29, 1.82) is 0 Å². The van der Waals surface area contributed by atoms with Crippen molar-refractivity contribution in [1.82, 2.24) is 20.4 Å². The van der Waals surface area contributed by atoms with E-state index in [0.717, 1.165) is 22.6 Å². The maximum Gasteiger partial charge on any atom is 0.407 e. The summed E-state index contributed by atoms with van der Waals surface area (Å²) in [6, 6.07) is 13.2. The van der Waals surface area contributed by atoms with Gasteiger partial charge in [-0.15, -0.1) is 0 Å². The molecule has 5 aliphatic heterocycles. The number of hydrogen-bond donors (Lipinski definition) is 4. The van der Waals surface area contributed by atoms with Gasteiger partial charge in [0.05, 0.1) is 38.5 Å². The second-order valence-electron chi connectivity index (χ2n) is 20.6. The van der Waals surface area contributed by atoms with Crippen LogP contribution in [0, 0.1) is 11.6 Å². The van der Waals surface area contributed by atoms with E-state index < -0.39 is 82.0 Å². The van der Waals surface area contributed by atoms with Crippen molar-refractivity contribution in [3.63, 3.8) is 0 Å². The van der Waals surface area contributed by atoms with Gasteiger partial charge in [-0.05, 0) is 136 Å². The van der Waals surface area contributed by atoms with Crippen molar-refractivity contribution >= 4 is 68.6 Å². The molecule has 5 saturated heterocycles. The van der Waals surface area contributed by atoms with Gasteiger partial charge in [0.25, 0.3) is 0 Å². The lowest BCUT2D eigenvalue weighted by atomic mass is 10.0. The van der Waals surface area contributed by atoms with Crippen LogP contribution in [0.3, 0.4) is 0 Å². The van der Waals surface area contributed by atoms with Crippen LogP contribution in [0.2, 0.25) is 0 Å². The molecule has 0 aromatic heterocycles. The van der Waals surface area contributed by atoms with Gasteiger partial charge in [0.1, 0.15) is 29.9 Å². The fourth-order valence-electron chi connectivity index (χ4n) is 11.8. The van der Waals surface area contributed by atoms with Gasteiger partial charge in [-0.2, -0.15) is 0 Å². The van der Waals surface area contributed by atoms with Crippen LogP contribution in [0.15, 0.2) is 60.7 Å². The van der Waals surface area contributed by atoms with Gasteiger partial charge in [0.15, 0.2) is 11.6 Å². The number of benzene rings is 3. The number of likely N-dealkylation sites (tertiary alicyclic amines) is 2. The molecule has 5 heterocycles. The van der Waals surface area contributed by atoms with Crippen LogP contribution < -0.4 is 31.1 Å². The van der Waals surface area contributed by atoms with Gasteiger partial charge in [-0.1, -0.05) is 30.7 Å². The van der Waals surface area contributed by atoms with Crippen LogP contribution in [-0.2, 0) is 38.1 Å². The molecular weight excluding hydrogens is 1000 g/mol. The average molecular weight is 1080 g/mol. The minimum Gasteiger partial charge on any atom is -0.453 e. The van der Waals surface area contributed by atoms with Crippen molar-refractivity contribution in [2.24, 2.45) is 0 Å². The standard InChI is InChI=1S/C55H74F2N8O10S/c1-34(72-3)47(60-54(70)74-5)52(68)63-24-10-12-45(63)50(66)58-38-18-14-36(15-19-38)43-22-23-44(65(43)40-32-41(56)49(42(57)33-40)62-26-30-76(31-27-62)28-8-7-9-29-76)37-16-20-39(21-17-37)59-51(67)46-13-11-25-64(46)53(69)48(35(2)73-4)61-55(71)75-6/h14-21,32-35,43-48H,7-13,22-31H2,1-6H3,(H,58,66)(H,59,67)(H,60,70)(H,61,71)/t34-,35-,43-,44-,45+,46+,47+,48+/m1/s1. The van der Waals surface area contributed by atoms with Gasteiger partial charge in [0.2, 0.25) is 23.6 Å². The second-order valence-corrected chi connectivity index (χ2v) is 24.7. The Morgan fingerprint density at radius 3 is 1.38 bits per heavy atom. The minimum absolute atomic E-state index is 0.0123. The number of nitrogens with one attached hydrogen (secondary N) is 4. The maximum atomic E-state index is 16.7. The normalized spacial score (nSPS) is 23.3. The Bertz CT molecular complexity index is 2410. The number of nitrogens with zero attached hydrogens (tertiary/aromatic N) is 4. The van der Waals surface area contributed by atoms with E-state index in [0.29, 0.717) is 81.8 Å². The molecule has 76 heavy (non-hydrogen) atoms. The topological polar surface area (TPSA) is 200 Å². The van der Waals surface area contributed by atoms with Gasteiger partial charge < -0.3 is 59.8 Å². The lowest BCUT2D eigenvalue weighted by molar-refractivity contribution is -0.141. The predicted octanol–water partition coefficient (Wildman–Crippen LogP) is 7.23. The predicted molar refractivity (Wildman–Crippen MR) is 288 cm³/mol. The van der Waals surface area contributed by atoms with Gasteiger partial charge in [-0.3, -0.25) is 19.2 Å². The third-order valence-electron chi connectivity index (χ3n) is 16.2. The van der Waals surface area contributed by atoms with Crippen LogP contribution in [0.25, 0.3) is 0 Å². The number of carbonyl (C=O) groups excluding carboxylic acids is 6. The summed E-state index contributed by atoms with van der Waals surface area (Å²) in [5, 5.41) is 11.0. The van der Waals surface area contributed by atoms with E-state index in [9.17, 15) is 28.8 Å². The maximum absolute atomic E-state index is 16.7. The SMILES string of the molecule is COC(=O)N[C@H](C(=O)N1CCC[C@H]1C(=O)Nc1ccc([C@H]2CC[C@H](c3ccc(NC(=O)[C@@H]4CCCN4C(=O)[C@@H](NC(=O)OC)[C@@H](C)OC)cc3)N2c2cc(F)c(N3CCS4(CCCCC4)CC3)c(F)c2)cc1)[C@@H](C)OC. The average Bonchev–Trinajstić information content (AvgIpc) is 4.24. The number of ether oxygens (including phenoxy) is 4. The van der Waals surface area contributed by atoms with Gasteiger partial charge >= 0.3 is 12.2 Å². The zero-order valence-corrected chi connectivity index (χ0v) is 45.3. The summed E-state index contributed by atoms with van der Waals surface area (Å²) < 4.78 is 53.5. The quantitative estimate of drug-likeness (QED) is 0.112. The number of hydrogen-bond acceptors (Lipinski definition) is 12. The molecule has 0 saturated carbocycles. The molecule has 6 amide bonds. The number of halogens is 2. The summed E-state index contributed by atoms with van der Waals surface area (Å²) in [7, 11) is 4.51. The first-order chi connectivity index (χ1) is 36.6. The second kappa shape index (κ2) is 24.9. The Morgan fingerprint density at radius 1 is 0.566 bits per heavy atom. The molecular formula is C55H74F2N8O10S. The van der Waals surface area contributed by atoms with E-state index in [1.165, 1.54) is 81.1 Å². The third-order valence-corrected chi connectivity index (χ3v) is 20.6. The van der Waals surface area contributed by atoms with Gasteiger partial charge in [0, 0.05) is 57.5 Å². The zero-order chi connectivity index (χ0) is 54.3. The highest BCUT2D eigenvalue weighted by Crippen LogP contribution is 2.54. The van der Waals surface area contributed by atoms with Crippen LogP contribution in [-0.4, -0.2) is 160 Å². The first-order valence-corrected chi connectivity index (χ1v) is 28.8. The molecule has 21 heteroatoms. The fraction of sp³-hybridized carbons (Fsp3) is 0.564. The molecule has 3 aromatic carbocycles. The van der Waals surface area contributed by atoms with Crippen molar-refractivity contribution in [2.75, 3.05) is 98.1 Å². The highest BCUT2D eigenvalue weighted by atomic mass is 32.3. The largest absolute Gasteiger partial charge is 0.453 e. The van der Waals surface area contributed by atoms with E-state index in [2.05, 4.69) is 26.2 Å². The Kier molecular flexibility index (Phi) is 18.3. The molecule has 8 atom stereocenters. The number of anilines is 4. The van der Waals surface area contributed by atoms with Gasteiger partial charge in [-0.25, -0.2) is 28.4 Å². The van der Waals surface area contributed by atoms with Crippen molar-refractivity contribution in [2.45, 2.75) is 120 Å². The molecule has 1 spiro atoms.